The Morgan fingerprint density at radius 3 is 2.86 bits per heavy atom. The maximum atomic E-state index is 11.2. The Balaban J connectivity index is 2.44. The average molecular weight is 325 g/mol. The summed E-state index contributed by atoms with van der Waals surface area (Å²) in [4.78, 5) is 15.0. The predicted molar refractivity (Wildman–Crippen MR) is 79.0 cm³/mol. The molecule has 0 amide bonds. The van der Waals surface area contributed by atoms with Gasteiger partial charge < -0.3 is 10.9 Å². The number of rotatable bonds is 4. The van der Waals surface area contributed by atoms with E-state index in [1.165, 1.54) is 18.2 Å². The first-order valence-corrected chi connectivity index (χ1v) is 6.77. The number of nitrogens with two attached hydrogens (primary N) is 1. The third kappa shape index (κ3) is 3.41. The average Bonchev–Trinajstić information content (AvgIpc) is 2.49. The van der Waals surface area contributed by atoms with Gasteiger partial charge in [0.1, 0.15) is 5.03 Å². The minimum atomic E-state index is -0.548. The van der Waals surface area contributed by atoms with E-state index in [4.69, 9.17) is 22.5 Å². The first-order valence-electron chi connectivity index (χ1n) is 5.57. The fraction of sp³-hybridized carbons (Fsp3) is 0. The molecule has 3 N–H and O–H groups in total. The zero-order chi connectivity index (χ0) is 15.4. The molecular weight excluding hydrogens is 316 g/mol. The molecule has 9 heteroatoms. The van der Waals surface area contributed by atoms with E-state index < -0.39 is 4.92 Å². The molecule has 0 aliphatic rings. The molecule has 0 fully saturated rings. The van der Waals surface area contributed by atoms with E-state index in [9.17, 15) is 10.1 Å². The largest absolute Gasteiger partial charge is 0.409 e. The molecule has 0 aliphatic heterocycles. The zero-order valence-corrected chi connectivity index (χ0v) is 12.0. The first kappa shape index (κ1) is 15.1. The molecule has 2 aromatic rings. The summed E-state index contributed by atoms with van der Waals surface area (Å²) in [6.07, 6.45) is 1.55. The Morgan fingerprint density at radius 1 is 1.48 bits per heavy atom. The summed E-state index contributed by atoms with van der Waals surface area (Å²) in [5.41, 5.74) is 5.50. The second-order valence-electron chi connectivity index (χ2n) is 3.82. The van der Waals surface area contributed by atoms with E-state index in [-0.39, 0.29) is 17.1 Å². The molecule has 0 bridgehead atoms. The van der Waals surface area contributed by atoms with Gasteiger partial charge in [0.15, 0.2) is 5.84 Å². The number of aromatic nitrogens is 1. The second kappa shape index (κ2) is 6.42. The molecule has 0 aliphatic carbocycles. The quantitative estimate of drug-likeness (QED) is 0.294. The van der Waals surface area contributed by atoms with Gasteiger partial charge in [0, 0.05) is 17.8 Å². The van der Waals surface area contributed by atoms with E-state index in [1.54, 1.807) is 18.3 Å². The number of nitro benzene ring substituents is 1. The van der Waals surface area contributed by atoms with Crippen LogP contribution in [0.2, 0.25) is 5.02 Å². The van der Waals surface area contributed by atoms with E-state index >= 15 is 0 Å². The molecule has 7 nitrogen and oxygen atoms in total. The van der Waals surface area contributed by atoms with Crippen LogP contribution in [0.4, 0.5) is 5.69 Å². The molecule has 0 saturated carbocycles. The highest BCUT2D eigenvalue weighted by Gasteiger charge is 2.18. The number of oxime groups is 1. The van der Waals surface area contributed by atoms with Crippen LogP contribution in [0.25, 0.3) is 0 Å². The lowest BCUT2D eigenvalue weighted by molar-refractivity contribution is -0.387. The molecule has 0 radical (unpaired) electrons. The Hall–Kier alpha value is -2.32. The summed E-state index contributed by atoms with van der Waals surface area (Å²) in [6, 6.07) is 7.56. The Morgan fingerprint density at radius 2 is 2.24 bits per heavy atom. The molecule has 108 valence electrons. The third-order valence-corrected chi connectivity index (χ3v) is 3.99. The Kier molecular flexibility index (Phi) is 4.61. The Labute approximate surface area is 128 Å². The normalized spacial score (nSPS) is 11.4. The number of pyridine rings is 1. The van der Waals surface area contributed by atoms with Crippen molar-refractivity contribution in [3.63, 3.8) is 0 Å². The van der Waals surface area contributed by atoms with E-state index in [0.29, 0.717) is 14.9 Å². The van der Waals surface area contributed by atoms with Crippen molar-refractivity contribution in [2.24, 2.45) is 10.9 Å². The van der Waals surface area contributed by atoms with Crippen molar-refractivity contribution < 1.29 is 10.1 Å². The number of hydrogen-bond acceptors (Lipinski definition) is 6. The molecule has 1 heterocycles. The molecule has 21 heavy (non-hydrogen) atoms. The van der Waals surface area contributed by atoms with Gasteiger partial charge in [-0.25, -0.2) is 4.98 Å². The minimum Gasteiger partial charge on any atom is -0.409 e. The smallest absolute Gasteiger partial charge is 0.284 e. The van der Waals surface area contributed by atoms with Crippen LogP contribution in [0.1, 0.15) is 5.56 Å². The topological polar surface area (TPSA) is 115 Å². The van der Waals surface area contributed by atoms with Crippen molar-refractivity contribution in [2.75, 3.05) is 0 Å². The van der Waals surface area contributed by atoms with Crippen molar-refractivity contribution in [3.8, 4) is 0 Å². The fourth-order valence-electron chi connectivity index (χ4n) is 1.51. The molecule has 1 aromatic carbocycles. The number of nitrogens with zero attached hydrogens (tertiary/aromatic N) is 3. The molecule has 0 unspecified atom stereocenters. The summed E-state index contributed by atoms with van der Waals surface area (Å²) in [5.74, 6) is -0.203. The maximum Gasteiger partial charge on any atom is 0.284 e. The van der Waals surface area contributed by atoms with Crippen LogP contribution in [0.5, 0.6) is 0 Å². The molecule has 1 aromatic heterocycles. The second-order valence-corrected chi connectivity index (χ2v) is 5.26. The number of benzene rings is 1. The fourth-order valence-corrected chi connectivity index (χ4v) is 2.61. The monoisotopic (exact) mass is 324 g/mol. The SMILES string of the molecule is NC(=NO)c1ccc(Sc2ncccc2Cl)c([N+](=O)[O-])c1. The summed E-state index contributed by atoms with van der Waals surface area (Å²) in [6.45, 7) is 0. The summed E-state index contributed by atoms with van der Waals surface area (Å²) in [7, 11) is 0. The van der Waals surface area contributed by atoms with Crippen molar-refractivity contribution in [2.45, 2.75) is 9.92 Å². The van der Waals surface area contributed by atoms with Crippen LogP contribution in [-0.2, 0) is 0 Å². The molecular formula is C12H9ClN4O3S. The number of amidine groups is 1. The molecule has 0 spiro atoms. The molecule has 0 saturated heterocycles. The third-order valence-electron chi connectivity index (χ3n) is 2.49. The Bertz CT molecular complexity index is 723. The van der Waals surface area contributed by atoms with Crippen molar-refractivity contribution >= 4 is 34.9 Å². The van der Waals surface area contributed by atoms with E-state index in [0.717, 1.165) is 11.8 Å². The highest BCUT2D eigenvalue weighted by molar-refractivity contribution is 7.99. The van der Waals surface area contributed by atoms with Crippen LogP contribution in [0.15, 0.2) is 51.6 Å². The van der Waals surface area contributed by atoms with Gasteiger partial charge in [-0.2, -0.15) is 0 Å². The van der Waals surface area contributed by atoms with Crippen molar-refractivity contribution in [1.29, 1.82) is 0 Å². The van der Waals surface area contributed by atoms with E-state index in [1.807, 2.05) is 0 Å². The van der Waals surface area contributed by atoms with Gasteiger partial charge in [-0.15, -0.1) is 0 Å². The van der Waals surface area contributed by atoms with Crippen LogP contribution in [0.3, 0.4) is 0 Å². The van der Waals surface area contributed by atoms with Crippen LogP contribution < -0.4 is 5.73 Å². The lowest BCUT2D eigenvalue weighted by atomic mass is 10.2. The maximum absolute atomic E-state index is 11.2. The van der Waals surface area contributed by atoms with Crippen LogP contribution in [-0.4, -0.2) is 21.0 Å². The van der Waals surface area contributed by atoms with Gasteiger partial charge in [-0.05, 0) is 24.3 Å². The standard InChI is InChI=1S/C12H9ClN4O3S/c13-8-2-1-5-15-12(8)21-10-4-3-7(11(14)16-18)6-9(10)17(19)20/h1-6,18H,(H2,14,16). The van der Waals surface area contributed by atoms with Gasteiger partial charge in [-0.1, -0.05) is 28.5 Å². The van der Waals surface area contributed by atoms with Gasteiger partial charge in [0.2, 0.25) is 0 Å². The summed E-state index contributed by atoms with van der Waals surface area (Å²) in [5, 5.41) is 23.5. The summed E-state index contributed by atoms with van der Waals surface area (Å²) < 4.78 is 0. The predicted octanol–water partition coefficient (Wildman–Crippen LogP) is 2.89. The van der Waals surface area contributed by atoms with Crippen molar-refractivity contribution in [3.05, 3.63) is 57.2 Å². The summed E-state index contributed by atoms with van der Waals surface area (Å²) >= 11 is 7.05. The van der Waals surface area contributed by atoms with Crippen LogP contribution in [0, 0.1) is 10.1 Å². The highest BCUT2D eigenvalue weighted by atomic mass is 35.5. The molecule has 2 rings (SSSR count). The van der Waals surface area contributed by atoms with Gasteiger partial charge >= 0.3 is 0 Å². The lowest BCUT2D eigenvalue weighted by Crippen LogP contribution is -2.13. The highest BCUT2D eigenvalue weighted by Crippen LogP contribution is 2.37. The lowest BCUT2D eigenvalue weighted by Gasteiger charge is -2.05. The molecule has 0 atom stereocenters. The first-order chi connectivity index (χ1) is 10.0. The zero-order valence-electron chi connectivity index (χ0n) is 10.4. The van der Waals surface area contributed by atoms with Crippen LogP contribution >= 0.6 is 23.4 Å². The van der Waals surface area contributed by atoms with Crippen molar-refractivity contribution in [1.82, 2.24) is 4.98 Å². The minimum absolute atomic E-state index is 0.175. The number of nitro groups is 1. The number of hydrogen-bond donors (Lipinski definition) is 2. The van der Waals surface area contributed by atoms with Gasteiger partial charge in [0.05, 0.1) is 14.8 Å². The van der Waals surface area contributed by atoms with Gasteiger partial charge in [-0.3, -0.25) is 10.1 Å². The van der Waals surface area contributed by atoms with E-state index in [2.05, 4.69) is 10.1 Å². The van der Waals surface area contributed by atoms with Gasteiger partial charge in [0.25, 0.3) is 5.69 Å². The number of halogens is 1.